The first-order chi connectivity index (χ1) is 18.0. The minimum Gasteiger partial charge on any atom is -0.467 e. The van der Waals surface area contributed by atoms with E-state index in [0.717, 1.165) is 44.0 Å². The van der Waals surface area contributed by atoms with E-state index in [2.05, 4.69) is 67.6 Å². The molecule has 2 aromatic rings. The Balaban J connectivity index is 1.52. The van der Waals surface area contributed by atoms with Crippen molar-refractivity contribution in [2.45, 2.75) is 12.6 Å². The molecule has 0 radical (unpaired) electrons. The third kappa shape index (κ3) is 9.50. The van der Waals surface area contributed by atoms with E-state index in [1.165, 1.54) is 12.7 Å². The molecule has 0 bridgehead atoms. The van der Waals surface area contributed by atoms with Gasteiger partial charge in [-0.3, -0.25) is 14.5 Å². The Bertz CT molecular complexity index is 1150. The number of carbonyl (C=O) groups excluding carboxylic acids is 3. The lowest BCUT2D eigenvalue weighted by Gasteiger charge is -2.26. The van der Waals surface area contributed by atoms with Gasteiger partial charge in [-0.1, -0.05) is 52.0 Å². The van der Waals surface area contributed by atoms with E-state index >= 15 is 0 Å². The highest BCUT2D eigenvalue weighted by Gasteiger charge is 2.22. The normalized spacial score (nSPS) is 14.3. The molecule has 1 fully saturated rings. The van der Waals surface area contributed by atoms with Crippen molar-refractivity contribution in [1.82, 2.24) is 15.5 Å². The Labute approximate surface area is 225 Å². The second-order valence-corrected chi connectivity index (χ2v) is 8.86. The highest BCUT2D eigenvalue weighted by atomic mass is 79.9. The largest absolute Gasteiger partial charge is 0.467 e. The summed E-state index contributed by atoms with van der Waals surface area (Å²) in [5, 5.41) is 5.21. The lowest BCUT2D eigenvalue weighted by Crippen LogP contribution is -2.49. The molecule has 2 aromatic carbocycles. The number of alkyl halides is 1. The lowest BCUT2D eigenvalue weighted by molar-refractivity contribution is -0.142. The average molecular weight is 568 g/mol. The van der Waals surface area contributed by atoms with Crippen LogP contribution in [0.5, 0.6) is 0 Å². The zero-order valence-electron chi connectivity index (χ0n) is 20.7. The fourth-order valence-electron chi connectivity index (χ4n) is 3.56. The predicted octanol–water partition coefficient (Wildman–Crippen LogP) is 2.37. The quantitative estimate of drug-likeness (QED) is 0.274. The number of benzene rings is 2. The fourth-order valence-corrected chi connectivity index (χ4v) is 3.76. The highest BCUT2D eigenvalue weighted by molar-refractivity contribution is 9.09. The molecule has 0 aliphatic carbocycles. The number of methoxy groups -OCH3 is 1. The van der Waals surface area contributed by atoms with E-state index < -0.39 is 17.9 Å². The minimum absolute atomic E-state index is 0.0741. The van der Waals surface area contributed by atoms with Crippen molar-refractivity contribution in [2.75, 3.05) is 45.3 Å². The summed E-state index contributed by atoms with van der Waals surface area (Å²) in [7, 11) is 1.22. The van der Waals surface area contributed by atoms with Crippen molar-refractivity contribution in [2.24, 2.45) is 0 Å². The number of carbonyl (C=O) groups is 3. The number of morpholine rings is 1. The Morgan fingerprint density at radius 1 is 1.11 bits per heavy atom. The van der Waals surface area contributed by atoms with Crippen LogP contribution in [0.4, 0.5) is 0 Å². The molecule has 1 heterocycles. The number of nitrogens with one attached hydrogen (secondary N) is 2. The summed E-state index contributed by atoms with van der Waals surface area (Å²) in [5.41, 5.74) is 3.45. The maximum atomic E-state index is 12.6. The van der Waals surface area contributed by atoms with Crippen LogP contribution >= 0.6 is 15.9 Å². The van der Waals surface area contributed by atoms with Crippen LogP contribution in [0.25, 0.3) is 6.08 Å². The van der Waals surface area contributed by atoms with Gasteiger partial charge in [0.1, 0.15) is 6.04 Å². The summed E-state index contributed by atoms with van der Waals surface area (Å²) in [6, 6.07) is 14.1. The molecule has 2 N–H and O–H groups in total. The molecule has 1 aliphatic heterocycles. The molecule has 1 atom stereocenters. The summed E-state index contributed by atoms with van der Waals surface area (Å²) in [6.07, 6.45) is 3.74. The number of rotatable bonds is 9. The van der Waals surface area contributed by atoms with Crippen molar-refractivity contribution in [3.05, 3.63) is 76.9 Å². The molecule has 9 heteroatoms. The lowest BCUT2D eigenvalue weighted by atomic mass is 10.1. The van der Waals surface area contributed by atoms with Crippen molar-refractivity contribution >= 4 is 39.8 Å². The molecule has 3 rings (SSSR count). The summed E-state index contributed by atoms with van der Waals surface area (Å²) in [6.45, 7) is 4.38. The van der Waals surface area contributed by atoms with Crippen LogP contribution in [-0.2, 0) is 25.6 Å². The molecule has 0 saturated carbocycles. The van der Waals surface area contributed by atoms with Crippen LogP contribution in [0.15, 0.2) is 54.6 Å². The van der Waals surface area contributed by atoms with Crippen LogP contribution < -0.4 is 10.6 Å². The summed E-state index contributed by atoms with van der Waals surface area (Å²) in [4.78, 5) is 38.3. The van der Waals surface area contributed by atoms with Gasteiger partial charge in [0, 0.05) is 37.3 Å². The Hall–Kier alpha value is -3.45. The SMILES string of the molecule is COC(=O)[C@H](CNC(=O)CBr)NC(=O)c1ccc(C#C/C=C/c2ccc(CN3CCOCC3)cc2)cc1. The van der Waals surface area contributed by atoms with Crippen LogP contribution in [0.2, 0.25) is 0 Å². The van der Waals surface area contributed by atoms with Gasteiger partial charge in [-0.15, -0.1) is 0 Å². The van der Waals surface area contributed by atoms with Crippen molar-refractivity contribution in [3.8, 4) is 11.8 Å². The Kier molecular flexibility index (Phi) is 11.4. The first kappa shape index (κ1) is 28.1. The van der Waals surface area contributed by atoms with E-state index in [9.17, 15) is 14.4 Å². The van der Waals surface area contributed by atoms with E-state index in [1.807, 2.05) is 6.08 Å². The number of esters is 1. The van der Waals surface area contributed by atoms with Crippen molar-refractivity contribution in [3.63, 3.8) is 0 Å². The number of hydrogen-bond donors (Lipinski definition) is 2. The molecule has 0 aromatic heterocycles. The third-order valence-electron chi connectivity index (χ3n) is 5.63. The number of ether oxygens (including phenoxy) is 2. The molecule has 2 amide bonds. The molecular weight excluding hydrogens is 538 g/mol. The Morgan fingerprint density at radius 2 is 1.81 bits per heavy atom. The van der Waals surface area contributed by atoms with Gasteiger partial charge in [0.15, 0.2) is 0 Å². The zero-order valence-corrected chi connectivity index (χ0v) is 22.3. The van der Waals surface area contributed by atoms with Gasteiger partial charge in [0.25, 0.3) is 5.91 Å². The molecule has 1 aliphatic rings. The first-order valence-electron chi connectivity index (χ1n) is 11.9. The maximum absolute atomic E-state index is 12.6. The van der Waals surface area contributed by atoms with Gasteiger partial charge >= 0.3 is 5.97 Å². The summed E-state index contributed by atoms with van der Waals surface area (Å²) < 4.78 is 10.1. The molecule has 0 unspecified atom stereocenters. The monoisotopic (exact) mass is 567 g/mol. The molecule has 194 valence electrons. The minimum atomic E-state index is -1.00. The number of nitrogens with zero attached hydrogens (tertiary/aromatic N) is 1. The van der Waals surface area contributed by atoms with E-state index in [4.69, 9.17) is 9.47 Å². The third-order valence-corrected chi connectivity index (χ3v) is 6.14. The van der Waals surface area contributed by atoms with Crippen LogP contribution in [0.1, 0.15) is 27.0 Å². The van der Waals surface area contributed by atoms with Crippen molar-refractivity contribution < 1.29 is 23.9 Å². The standard InChI is InChI=1S/C28H30BrN3O5/c1-36-28(35)25(19-30-26(33)18-29)31-27(34)24-12-10-22(11-13-24)5-3-2-4-21-6-8-23(9-7-21)20-32-14-16-37-17-15-32/h2,4,6-13,25H,14-20H2,1H3,(H,30,33)(H,31,34)/b4-2+/t25-/m0/s1. The van der Waals surface area contributed by atoms with Gasteiger partial charge in [0.05, 0.1) is 25.7 Å². The number of allylic oxidation sites excluding steroid dienone is 1. The fraction of sp³-hybridized carbons (Fsp3) is 0.321. The summed E-state index contributed by atoms with van der Waals surface area (Å²) in [5.74, 6) is 4.64. The second kappa shape index (κ2) is 15.0. The summed E-state index contributed by atoms with van der Waals surface area (Å²) >= 11 is 3.03. The zero-order chi connectivity index (χ0) is 26.5. The first-order valence-corrected chi connectivity index (χ1v) is 13.0. The van der Waals surface area contributed by atoms with E-state index in [1.54, 1.807) is 30.3 Å². The van der Waals surface area contributed by atoms with Gasteiger partial charge in [-0.05, 0) is 47.5 Å². The number of hydrogen-bond acceptors (Lipinski definition) is 6. The number of amides is 2. The molecular formula is C28H30BrN3O5. The highest BCUT2D eigenvalue weighted by Crippen LogP contribution is 2.10. The average Bonchev–Trinajstić information content (AvgIpc) is 2.94. The molecule has 0 spiro atoms. The Morgan fingerprint density at radius 3 is 2.46 bits per heavy atom. The molecule has 8 nitrogen and oxygen atoms in total. The van der Waals surface area contributed by atoms with Crippen molar-refractivity contribution in [1.29, 1.82) is 0 Å². The predicted molar refractivity (Wildman–Crippen MR) is 145 cm³/mol. The van der Waals surface area contributed by atoms with Crippen LogP contribution in [0.3, 0.4) is 0 Å². The van der Waals surface area contributed by atoms with Gasteiger partial charge in [-0.2, -0.15) is 0 Å². The smallest absolute Gasteiger partial charge is 0.330 e. The molecule has 37 heavy (non-hydrogen) atoms. The van der Waals surface area contributed by atoms with E-state index in [0.29, 0.717) is 5.56 Å². The van der Waals surface area contributed by atoms with Crippen LogP contribution in [0, 0.1) is 11.8 Å². The van der Waals surface area contributed by atoms with Crippen LogP contribution in [-0.4, -0.2) is 74.0 Å². The van der Waals surface area contributed by atoms with Gasteiger partial charge in [0.2, 0.25) is 5.91 Å². The van der Waals surface area contributed by atoms with Gasteiger partial charge in [-0.25, -0.2) is 4.79 Å². The van der Waals surface area contributed by atoms with Gasteiger partial charge < -0.3 is 20.1 Å². The second-order valence-electron chi connectivity index (χ2n) is 8.30. The maximum Gasteiger partial charge on any atom is 0.330 e. The molecule has 1 saturated heterocycles. The van der Waals surface area contributed by atoms with E-state index in [-0.39, 0.29) is 17.8 Å². The topological polar surface area (TPSA) is 97.0 Å². The number of halogens is 1.